The molecule has 1 saturated heterocycles. The summed E-state index contributed by atoms with van der Waals surface area (Å²) in [6, 6.07) is 0. The normalized spacial score (nSPS) is 41.2. The molecular formula is C15H24O2. The van der Waals surface area contributed by atoms with E-state index in [1.807, 2.05) is 0 Å². The summed E-state index contributed by atoms with van der Waals surface area (Å²) in [6.45, 7) is 3.20. The van der Waals surface area contributed by atoms with E-state index in [2.05, 4.69) is 6.92 Å². The van der Waals surface area contributed by atoms with Gasteiger partial charge in [-0.15, -0.1) is 0 Å². The molecule has 2 heteroatoms. The van der Waals surface area contributed by atoms with E-state index in [1.165, 1.54) is 19.3 Å². The van der Waals surface area contributed by atoms with Gasteiger partial charge in [-0.1, -0.05) is 6.92 Å². The van der Waals surface area contributed by atoms with Crippen LogP contribution in [0.2, 0.25) is 0 Å². The van der Waals surface area contributed by atoms with Crippen LogP contribution in [0.25, 0.3) is 0 Å². The lowest BCUT2D eigenvalue weighted by molar-refractivity contribution is -0.157. The maximum atomic E-state index is 12.1. The van der Waals surface area contributed by atoms with E-state index in [0.29, 0.717) is 17.6 Å². The number of ketones is 1. The third-order valence-electron chi connectivity index (χ3n) is 5.32. The zero-order valence-corrected chi connectivity index (χ0v) is 10.9. The number of rotatable bonds is 1. The highest BCUT2D eigenvalue weighted by molar-refractivity contribution is 5.82. The van der Waals surface area contributed by atoms with Crippen LogP contribution in [0, 0.1) is 17.8 Å². The van der Waals surface area contributed by atoms with Gasteiger partial charge in [-0.25, -0.2) is 0 Å². The summed E-state index contributed by atoms with van der Waals surface area (Å²) in [5.74, 6) is 2.28. The lowest BCUT2D eigenvalue weighted by Gasteiger charge is -2.49. The number of hydrogen-bond donors (Lipinski definition) is 0. The van der Waals surface area contributed by atoms with Gasteiger partial charge < -0.3 is 4.74 Å². The molecule has 3 aliphatic rings. The molecule has 0 radical (unpaired) electrons. The standard InChI is InChI=1S/C15H24O2/c1-11-3-4-14(16)13(9-11)12-5-8-17-15(10-12)6-2-7-15/h11-13H,2-10H2,1H3. The Morgan fingerprint density at radius 2 is 2.12 bits per heavy atom. The van der Waals surface area contributed by atoms with Crippen LogP contribution in [-0.2, 0) is 9.53 Å². The second-order valence-corrected chi connectivity index (χ2v) is 6.59. The molecule has 0 aromatic rings. The van der Waals surface area contributed by atoms with Crippen molar-refractivity contribution in [1.82, 2.24) is 0 Å². The van der Waals surface area contributed by atoms with Gasteiger partial charge in [-0.05, 0) is 56.8 Å². The van der Waals surface area contributed by atoms with Gasteiger partial charge in [0.25, 0.3) is 0 Å². The molecule has 96 valence electrons. The predicted octanol–water partition coefficient (Wildman–Crippen LogP) is 3.34. The first-order valence-corrected chi connectivity index (χ1v) is 7.35. The van der Waals surface area contributed by atoms with Crippen LogP contribution in [0.3, 0.4) is 0 Å². The van der Waals surface area contributed by atoms with Crippen molar-refractivity contribution < 1.29 is 9.53 Å². The first-order chi connectivity index (χ1) is 8.19. The van der Waals surface area contributed by atoms with Gasteiger partial charge in [0, 0.05) is 18.9 Å². The van der Waals surface area contributed by atoms with Gasteiger partial charge >= 0.3 is 0 Å². The second-order valence-electron chi connectivity index (χ2n) is 6.59. The summed E-state index contributed by atoms with van der Waals surface area (Å²) in [6.07, 6.45) is 9.15. The molecule has 3 fully saturated rings. The van der Waals surface area contributed by atoms with Crippen molar-refractivity contribution in [3.05, 3.63) is 0 Å². The Morgan fingerprint density at radius 1 is 1.29 bits per heavy atom. The fraction of sp³-hybridized carbons (Fsp3) is 0.933. The first-order valence-electron chi connectivity index (χ1n) is 7.35. The highest BCUT2D eigenvalue weighted by Gasteiger charge is 2.46. The van der Waals surface area contributed by atoms with Crippen molar-refractivity contribution in [2.75, 3.05) is 6.61 Å². The molecule has 2 saturated carbocycles. The van der Waals surface area contributed by atoms with Crippen molar-refractivity contribution in [2.24, 2.45) is 17.8 Å². The van der Waals surface area contributed by atoms with Crippen molar-refractivity contribution >= 4 is 5.78 Å². The number of Topliss-reactive ketones (excluding diaryl/α,β-unsaturated/α-hetero) is 1. The Kier molecular flexibility index (Phi) is 3.02. The van der Waals surface area contributed by atoms with Crippen LogP contribution < -0.4 is 0 Å². The lowest BCUT2D eigenvalue weighted by atomic mass is 9.65. The van der Waals surface area contributed by atoms with Crippen LogP contribution >= 0.6 is 0 Å². The van der Waals surface area contributed by atoms with Crippen molar-refractivity contribution in [3.8, 4) is 0 Å². The summed E-state index contributed by atoms with van der Waals surface area (Å²) < 4.78 is 5.97. The van der Waals surface area contributed by atoms with Gasteiger partial charge in [0.2, 0.25) is 0 Å². The molecule has 0 aromatic carbocycles. The molecule has 2 aliphatic carbocycles. The molecule has 17 heavy (non-hydrogen) atoms. The molecule has 3 unspecified atom stereocenters. The van der Waals surface area contributed by atoms with E-state index in [4.69, 9.17) is 4.74 Å². The maximum absolute atomic E-state index is 12.1. The van der Waals surface area contributed by atoms with E-state index in [1.54, 1.807) is 0 Å². The predicted molar refractivity (Wildman–Crippen MR) is 66.8 cm³/mol. The number of carbonyl (C=O) groups excluding carboxylic acids is 1. The van der Waals surface area contributed by atoms with Gasteiger partial charge in [0.15, 0.2) is 0 Å². The highest BCUT2D eigenvalue weighted by atomic mass is 16.5. The Labute approximate surface area is 104 Å². The van der Waals surface area contributed by atoms with Crippen LogP contribution in [0.4, 0.5) is 0 Å². The zero-order chi connectivity index (χ0) is 11.9. The van der Waals surface area contributed by atoms with E-state index in [-0.39, 0.29) is 5.60 Å². The van der Waals surface area contributed by atoms with Crippen LogP contribution in [0.5, 0.6) is 0 Å². The topological polar surface area (TPSA) is 26.3 Å². The Bertz CT molecular complexity index is 306. The molecule has 1 heterocycles. The van der Waals surface area contributed by atoms with Crippen molar-refractivity contribution in [2.45, 2.75) is 63.9 Å². The van der Waals surface area contributed by atoms with Crippen LogP contribution in [-0.4, -0.2) is 18.0 Å². The SMILES string of the molecule is CC1CCC(=O)C(C2CCOC3(CCC3)C2)C1. The summed E-state index contributed by atoms with van der Waals surface area (Å²) in [7, 11) is 0. The highest BCUT2D eigenvalue weighted by Crippen LogP contribution is 2.47. The first kappa shape index (κ1) is 11.7. The minimum Gasteiger partial charge on any atom is -0.375 e. The smallest absolute Gasteiger partial charge is 0.136 e. The van der Waals surface area contributed by atoms with Gasteiger partial charge in [0.05, 0.1) is 5.60 Å². The molecule has 3 atom stereocenters. The van der Waals surface area contributed by atoms with E-state index in [0.717, 1.165) is 44.6 Å². The van der Waals surface area contributed by atoms with E-state index >= 15 is 0 Å². The molecule has 1 spiro atoms. The largest absolute Gasteiger partial charge is 0.375 e. The minimum absolute atomic E-state index is 0.198. The molecule has 1 aliphatic heterocycles. The van der Waals surface area contributed by atoms with E-state index in [9.17, 15) is 4.79 Å². The van der Waals surface area contributed by atoms with Gasteiger partial charge in [-0.3, -0.25) is 4.79 Å². The quantitative estimate of drug-likeness (QED) is 0.698. The summed E-state index contributed by atoms with van der Waals surface area (Å²) in [4.78, 5) is 12.1. The molecular weight excluding hydrogens is 212 g/mol. The molecule has 3 rings (SSSR count). The van der Waals surface area contributed by atoms with Gasteiger partial charge in [-0.2, -0.15) is 0 Å². The fourth-order valence-electron chi connectivity index (χ4n) is 4.04. The van der Waals surface area contributed by atoms with Gasteiger partial charge in [0.1, 0.15) is 5.78 Å². The maximum Gasteiger partial charge on any atom is 0.136 e. The number of ether oxygens (including phenoxy) is 1. The second kappa shape index (κ2) is 4.38. The molecule has 0 N–H and O–H groups in total. The summed E-state index contributed by atoms with van der Waals surface area (Å²) >= 11 is 0. The lowest BCUT2D eigenvalue weighted by Crippen LogP contribution is -2.48. The fourth-order valence-corrected chi connectivity index (χ4v) is 4.04. The Hall–Kier alpha value is -0.370. The molecule has 0 bridgehead atoms. The molecule has 0 amide bonds. The summed E-state index contributed by atoms with van der Waals surface area (Å²) in [5.41, 5.74) is 0.198. The third kappa shape index (κ3) is 2.16. The van der Waals surface area contributed by atoms with Crippen molar-refractivity contribution in [3.63, 3.8) is 0 Å². The van der Waals surface area contributed by atoms with E-state index < -0.39 is 0 Å². The Morgan fingerprint density at radius 3 is 2.82 bits per heavy atom. The average Bonchev–Trinajstić information content (AvgIpc) is 2.30. The third-order valence-corrected chi connectivity index (χ3v) is 5.32. The Balaban J connectivity index is 1.68. The van der Waals surface area contributed by atoms with Crippen LogP contribution in [0.1, 0.15) is 58.3 Å². The zero-order valence-electron chi connectivity index (χ0n) is 10.9. The number of carbonyl (C=O) groups is 1. The minimum atomic E-state index is 0.198. The van der Waals surface area contributed by atoms with Crippen molar-refractivity contribution in [1.29, 1.82) is 0 Å². The monoisotopic (exact) mass is 236 g/mol. The summed E-state index contributed by atoms with van der Waals surface area (Å²) in [5, 5.41) is 0. The average molecular weight is 236 g/mol. The molecule has 2 nitrogen and oxygen atoms in total. The number of hydrogen-bond acceptors (Lipinski definition) is 2. The van der Waals surface area contributed by atoms with Crippen LogP contribution in [0.15, 0.2) is 0 Å². The molecule has 0 aromatic heterocycles.